The van der Waals surface area contributed by atoms with Crippen LogP contribution < -0.4 is 10.1 Å². The molecule has 1 N–H and O–H groups in total. The first-order valence-corrected chi connectivity index (χ1v) is 5.36. The van der Waals surface area contributed by atoms with Crippen molar-refractivity contribution in [2.24, 2.45) is 5.92 Å². The second-order valence-electron chi connectivity index (χ2n) is 4.17. The van der Waals surface area contributed by atoms with Gasteiger partial charge in [0, 0.05) is 17.8 Å². The number of nitrogens with one attached hydrogen (secondary N) is 1. The summed E-state index contributed by atoms with van der Waals surface area (Å²) in [6, 6.07) is 2.56. The van der Waals surface area contributed by atoms with E-state index < -0.39 is 0 Å². The number of hydrogen-bond donors (Lipinski definition) is 1. The number of hydrogen-bond acceptors (Lipinski definition) is 4. The fourth-order valence-corrected chi connectivity index (χ4v) is 2.09. The molecule has 2 heterocycles. The molecule has 1 aromatic heterocycles. The van der Waals surface area contributed by atoms with Gasteiger partial charge in [-0.05, 0) is 32.2 Å². The summed E-state index contributed by atoms with van der Waals surface area (Å²) in [7, 11) is 1.63. The van der Waals surface area contributed by atoms with E-state index in [-0.39, 0.29) is 0 Å². The van der Waals surface area contributed by atoms with Crippen molar-refractivity contribution in [1.82, 2.24) is 15.3 Å². The fourth-order valence-electron chi connectivity index (χ4n) is 2.09. The average molecular weight is 207 g/mol. The van der Waals surface area contributed by atoms with Crippen LogP contribution in [0.5, 0.6) is 5.88 Å². The summed E-state index contributed by atoms with van der Waals surface area (Å²) < 4.78 is 5.07. The molecular weight excluding hydrogens is 190 g/mol. The van der Waals surface area contributed by atoms with Crippen LogP contribution in [0, 0.1) is 5.92 Å². The van der Waals surface area contributed by atoms with Gasteiger partial charge in [-0.1, -0.05) is 0 Å². The van der Waals surface area contributed by atoms with E-state index in [1.54, 1.807) is 13.4 Å². The Kier molecular flexibility index (Phi) is 3.16. The van der Waals surface area contributed by atoms with Gasteiger partial charge in [0.05, 0.1) is 7.11 Å². The largest absolute Gasteiger partial charge is 0.481 e. The van der Waals surface area contributed by atoms with Crippen LogP contribution in [-0.2, 0) is 6.42 Å². The van der Waals surface area contributed by atoms with Gasteiger partial charge >= 0.3 is 0 Å². The molecule has 0 aliphatic carbocycles. The summed E-state index contributed by atoms with van der Waals surface area (Å²) >= 11 is 0. The molecule has 15 heavy (non-hydrogen) atoms. The van der Waals surface area contributed by atoms with E-state index >= 15 is 0 Å². The molecule has 0 aromatic carbocycles. The molecule has 1 fully saturated rings. The minimum absolute atomic E-state index is 0.638. The van der Waals surface area contributed by atoms with E-state index in [0.29, 0.717) is 17.8 Å². The fraction of sp³-hybridized carbons (Fsp3) is 0.636. The quantitative estimate of drug-likeness (QED) is 0.804. The van der Waals surface area contributed by atoms with Crippen LogP contribution in [0.2, 0.25) is 0 Å². The van der Waals surface area contributed by atoms with Crippen molar-refractivity contribution < 1.29 is 4.74 Å². The second-order valence-corrected chi connectivity index (χ2v) is 4.17. The molecule has 1 saturated heterocycles. The van der Waals surface area contributed by atoms with Crippen molar-refractivity contribution in [3.8, 4) is 5.88 Å². The number of ether oxygens (including phenoxy) is 1. The minimum Gasteiger partial charge on any atom is -0.481 e. The standard InChI is InChI=1S/C11H17N3O/c1-8-3-9(6-12-8)4-10-5-11(15-2)14-7-13-10/h5,7-9,12H,3-4,6H2,1-2H3. The zero-order valence-electron chi connectivity index (χ0n) is 9.23. The maximum Gasteiger partial charge on any atom is 0.216 e. The Morgan fingerprint density at radius 2 is 2.40 bits per heavy atom. The molecule has 0 radical (unpaired) electrons. The lowest BCUT2D eigenvalue weighted by Gasteiger charge is -2.07. The molecule has 1 aromatic rings. The Labute approximate surface area is 90.1 Å². The molecule has 4 nitrogen and oxygen atoms in total. The topological polar surface area (TPSA) is 47.0 Å². The van der Waals surface area contributed by atoms with E-state index in [1.807, 2.05) is 6.07 Å². The van der Waals surface area contributed by atoms with Crippen LogP contribution in [0.1, 0.15) is 19.0 Å². The van der Waals surface area contributed by atoms with E-state index in [9.17, 15) is 0 Å². The highest BCUT2D eigenvalue weighted by atomic mass is 16.5. The van der Waals surface area contributed by atoms with Gasteiger partial charge in [0.15, 0.2) is 0 Å². The van der Waals surface area contributed by atoms with Gasteiger partial charge in [0.2, 0.25) is 5.88 Å². The van der Waals surface area contributed by atoms with Crippen LogP contribution in [0.25, 0.3) is 0 Å². The Hall–Kier alpha value is -1.16. The van der Waals surface area contributed by atoms with Crippen molar-refractivity contribution in [1.29, 1.82) is 0 Å². The highest BCUT2D eigenvalue weighted by Crippen LogP contribution is 2.18. The van der Waals surface area contributed by atoms with Crippen LogP contribution in [0.3, 0.4) is 0 Å². The summed E-state index contributed by atoms with van der Waals surface area (Å²) in [6.45, 7) is 3.31. The maximum atomic E-state index is 5.07. The van der Waals surface area contributed by atoms with Gasteiger partial charge in [-0.15, -0.1) is 0 Å². The number of nitrogens with zero attached hydrogens (tertiary/aromatic N) is 2. The summed E-state index contributed by atoms with van der Waals surface area (Å²) in [6.07, 6.45) is 3.81. The lowest BCUT2D eigenvalue weighted by Crippen LogP contribution is -2.17. The molecule has 2 unspecified atom stereocenters. The summed E-state index contributed by atoms with van der Waals surface area (Å²) in [4.78, 5) is 8.26. The molecule has 2 atom stereocenters. The molecule has 0 spiro atoms. The zero-order valence-corrected chi connectivity index (χ0v) is 9.23. The van der Waals surface area contributed by atoms with Gasteiger partial charge in [0.25, 0.3) is 0 Å². The van der Waals surface area contributed by atoms with Crippen molar-refractivity contribution in [2.45, 2.75) is 25.8 Å². The summed E-state index contributed by atoms with van der Waals surface area (Å²) in [5.41, 5.74) is 1.07. The molecular formula is C11H17N3O. The van der Waals surface area contributed by atoms with E-state index in [1.165, 1.54) is 6.42 Å². The first kappa shape index (κ1) is 10.4. The number of rotatable bonds is 3. The smallest absolute Gasteiger partial charge is 0.216 e. The highest BCUT2D eigenvalue weighted by molar-refractivity contribution is 5.14. The lowest BCUT2D eigenvalue weighted by molar-refractivity contribution is 0.395. The average Bonchev–Trinajstić information content (AvgIpc) is 2.64. The van der Waals surface area contributed by atoms with E-state index in [0.717, 1.165) is 18.7 Å². The normalized spacial score (nSPS) is 25.5. The third-order valence-electron chi connectivity index (χ3n) is 2.85. The van der Waals surface area contributed by atoms with E-state index in [4.69, 9.17) is 4.74 Å². The summed E-state index contributed by atoms with van der Waals surface area (Å²) in [5.74, 6) is 1.35. The van der Waals surface area contributed by atoms with Crippen LogP contribution >= 0.6 is 0 Å². The first-order valence-electron chi connectivity index (χ1n) is 5.36. The highest BCUT2D eigenvalue weighted by Gasteiger charge is 2.21. The predicted octanol–water partition coefficient (Wildman–Crippen LogP) is 1.03. The lowest BCUT2D eigenvalue weighted by atomic mass is 10.0. The Morgan fingerprint density at radius 1 is 1.53 bits per heavy atom. The van der Waals surface area contributed by atoms with E-state index in [2.05, 4.69) is 22.2 Å². The van der Waals surface area contributed by atoms with Crippen molar-refractivity contribution in [2.75, 3.05) is 13.7 Å². The van der Waals surface area contributed by atoms with Crippen LogP contribution in [-0.4, -0.2) is 29.7 Å². The monoisotopic (exact) mass is 207 g/mol. The van der Waals surface area contributed by atoms with Crippen molar-refractivity contribution >= 4 is 0 Å². The Bertz CT molecular complexity index is 329. The van der Waals surface area contributed by atoms with Gasteiger partial charge in [-0.2, -0.15) is 0 Å². The molecule has 4 heteroatoms. The third kappa shape index (κ3) is 2.65. The molecule has 0 bridgehead atoms. The molecule has 1 aliphatic rings. The number of methoxy groups -OCH3 is 1. The van der Waals surface area contributed by atoms with Gasteiger partial charge < -0.3 is 10.1 Å². The minimum atomic E-state index is 0.638. The van der Waals surface area contributed by atoms with Gasteiger partial charge in [0.1, 0.15) is 6.33 Å². The third-order valence-corrected chi connectivity index (χ3v) is 2.85. The van der Waals surface area contributed by atoms with Gasteiger partial charge in [-0.3, -0.25) is 0 Å². The molecule has 82 valence electrons. The molecule has 0 amide bonds. The first-order chi connectivity index (χ1) is 7.28. The Balaban J connectivity index is 1.98. The van der Waals surface area contributed by atoms with Crippen molar-refractivity contribution in [3.05, 3.63) is 18.1 Å². The van der Waals surface area contributed by atoms with Crippen molar-refractivity contribution in [3.63, 3.8) is 0 Å². The second kappa shape index (κ2) is 4.57. The SMILES string of the molecule is COc1cc(CC2CNC(C)C2)ncn1. The zero-order chi connectivity index (χ0) is 10.7. The predicted molar refractivity (Wildman–Crippen MR) is 57.9 cm³/mol. The molecule has 0 saturated carbocycles. The maximum absolute atomic E-state index is 5.07. The van der Waals surface area contributed by atoms with Crippen LogP contribution in [0.15, 0.2) is 12.4 Å². The van der Waals surface area contributed by atoms with Gasteiger partial charge in [-0.25, -0.2) is 9.97 Å². The molecule has 2 rings (SSSR count). The van der Waals surface area contributed by atoms with Crippen LogP contribution in [0.4, 0.5) is 0 Å². The molecule has 1 aliphatic heterocycles. The summed E-state index contributed by atoms with van der Waals surface area (Å²) in [5, 5.41) is 3.44. The Morgan fingerprint density at radius 3 is 3.07 bits per heavy atom. The number of aromatic nitrogens is 2.